The van der Waals surface area contributed by atoms with Gasteiger partial charge in [0.15, 0.2) is 11.0 Å². The van der Waals surface area contributed by atoms with Gasteiger partial charge in [-0.1, -0.05) is 11.6 Å². The molecule has 1 saturated carbocycles. The van der Waals surface area contributed by atoms with Crippen molar-refractivity contribution in [3.8, 4) is 0 Å². The lowest BCUT2D eigenvalue weighted by Gasteiger charge is -2.10. The molecule has 104 valence electrons. The summed E-state index contributed by atoms with van der Waals surface area (Å²) in [5.74, 6) is -2.39. The molecule has 5 nitrogen and oxygen atoms in total. The first kappa shape index (κ1) is 13.0. The molecule has 0 amide bonds. The molecule has 0 radical (unpaired) electrons. The van der Waals surface area contributed by atoms with Gasteiger partial charge in [0.2, 0.25) is 5.43 Å². The van der Waals surface area contributed by atoms with Gasteiger partial charge in [0, 0.05) is 12.6 Å². The predicted octanol–water partition coefficient (Wildman–Crippen LogP) is 2.17. The summed E-state index contributed by atoms with van der Waals surface area (Å²) in [6, 6.07) is 0.219. The number of aromatic nitrogens is 2. The highest BCUT2D eigenvalue weighted by Gasteiger charge is 2.40. The molecular weight excluding hydrogens is 294 g/mol. The van der Waals surface area contributed by atoms with E-state index in [4.69, 9.17) is 16.7 Å². The SMILES string of the molecule is O=C(O)c1cn([C@@H]2C[C@@H]2F)c2nc(Cl)c(F)cc2c1=O. The Labute approximate surface area is 115 Å². The minimum Gasteiger partial charge on any atom is -0.477 e. The Balaban J connectivity index is 2.41. The van der Waals surface area contributed by atoms with Crippen LogP contribution >= 0.6 is 11.6 Å². The Kier molecular flexibility index (Phi) is 2.75. The molecule has 0 unspecified atom stereocenters. The summed E-state index contributed by atoms with van der Waals surface area (Å²) in [4.78, 5) is 26.7. The molecule has 0 aromatic carbocycles. The van der Waals surface area contributed by atoms with E-state index in [1.165, 1.54) is 4.57 Å². The first-order valence-electron chi connectivity index (χ1n) is 5.68. The first-order chi connectivity index (χ1) is 9.40. The normalized spacial score (nSPS) is 21.1. The fraction of sp³-hybridized carbons (Fsp3) is 0.250. The summed E-state index contributed by atoms with van der Waals surface area (Å²) < 4.78 is 27.9. The molecule has 1 aliphatic rings. The van der Waals surface area contributed by atoms with Crippen molar-refractivity contribution >= 4 is 28.6 Å². The molecule has 2 heterocycles. The average Bonchev–Trinajstić information content (AvgIpc) is 3.09. The number of alkyl halides is 1. The van der Waals surface area contributed by atoms with Crippen molar-refractivity contribution in [2.45, 2.75) is 18.6 Å². The van der Waals surface area contributed by atoms with Crippen LogP contribution in [0.15, 0.2) is 17.1 Å². The molecule has 0 bridgehead atoms. The molecule has 0 saturated heterocycles. The highest BCUT2D eigenvalue weighted by molar-refractivity contribution is 6.29. The van der Waals surface area contributed by atoms with E-state index in [2.05, 4.69) is 4.98 Å². The average molecular weight is 301 g/mol. The molecule has 1 fully saturated rings. The summed E-state index contributed by atoms with van der Waals surface area (Å²) in [5.41, 5.74) is -1.44. The van der Waals surface area contributed by atoms with Gasteiger partial charge >= 0.3 is 5.97 Å². The molecular formula is C12H7ClF2N2O3. The van der Waals surface area contributed by atoms with Crippen LogP contribution in [-0.2, 0) is 0 Å². The van der Waals surface area contributed by atoms with E-state index in [1.54, 1.807) is 0 Å². The molecule has 0 spiro atoms. The number of carbonyl (C=O) groups is 1. The largest absolute Gasteiger partial charge is 0.477 e. The molecule has 2 aromatic heterocycles. The highest BCUT2D eigenvalue weighted by Crippen LogP contribution is 2.40. The number of halogens is 3. The van der Waals surface area contributed by atoms with Crippen LogP contribution < -0.4 is 5.43 Å². The zero-order chi connectivity index (χ0) is 14.6. The number of hydrogen-bond acceptors (Lipinski definition) is 3. The van der Waals surface area contributed by atoms with Gasteiger partial charge in [-0.15, -0.1) is 0 Å². The fourth-order valence-corrected chi connectivity index (χ4v) is 2.21. The molecule has 1 aliphatic carbocycles. The summed E-state index contributed by atoms with van der Waals surface area (Å²) >= 11 is 5.56. The van der Waals surface area contributed by atoms with Crippen LogP contribution in [0, 0.1) is 5.82 Å². The Bertz CT molecular complexity index is 805. The molecule has 3 rings (SSSR count). The zero-order valence-electron chi connectivity index (χ0n) is 9.81. The number of pyridine rings is 2. The van der Waals surface area contributed by atoms with Crippen molar-refractivity contribution in [2.75, 3.05) is 0 Å². The van der Waals surface area contributed by atoms with E-state index in [1.807, 2.05) is 0 Å². The summed E-state index contributed by atoms with van der Waals surface area (Å²) in [6.07, 6.45) is 0.0691. The number of aromatic carboxylic acids is 1. The van der Waals surface area contributed by atoms with Gasteiger partial charge in [0.1, 0.15) is 17.4 Å². The van der Waals surface area contributed by atoms with E-state index >= 15 is 0 Å². The Hall–Kier alpha value is -2.02. The van der Waals surface area contributed by atoms with E-state index < -0.39 is 40.1 Å². The van der Waals surface area contributed by atoms with Crippen molar-refractivity contribution in [1.82, 2.24) is 9.55 Å². The van der Waals surface area contributed by atoms with Gasteiger partial charge < -0.3 is 9.67 Å². The third-order valence-corrected chi connectivity index (χ3v) is 3.45. The fourth-order valence-electron chi connectivity index (χ4n) is 2.07. The second kappa shape index (κ2) is 4.24. The standard InChI is InChI=1S/C12H7ClF2N2O3/c13-10-7(15)1-4-9(18)5(12(19)20)3-17(11(4)16-10)8-2-6(8)14/h1,3,6,8H,2H2,(H,19,20)/t6-,8+/m0/s1. The van der Waals surface area contributed by atoms with Crippen molar-refractivity contribution in [1.29, 1.82) is 0 Å². The summed E-state index contributed by atoms with van der Waals surface area (Å²) in [6.45, 7) is 0. The first-order valence-corrected chi connectivity index (χ1v) is 6.06. The molecule has 2 atom stereocenters. The maximum atomic E-state index is 13.4. The summed E-state index contributed by atoms with van der Waals surface area (Å²) in [5, 5.41) is 8.31. The number of carboxylic acids is 1. The van der Waals surface area contributed by atoms with Gasteiger partial charge in [-0.3, -0.25) is 4.79 Å². The van der Waals surface area contributed by atoms with Crippen molar-refractivity contribution in [3.05, 3.63) is 39.0 Å². The second-order valence-electron chi connectivity index (χ2n) is 4.54. The van der Waals surface area contributed by atoms with Crippen LogP contribution in [0.3, 0.4) is 0 Å². The van der Waals surface area contributed by atoms with Crippen LogP contribution in [-0.4, -0.2) is 26.8 Å². The third kappa shape index (κ3) is 1.85. The number of rotatable bonds is 2. The van der Waals surface area contributed by atoms with E-state index in [0.29, 0.717) is 0 Å². The molecule has 1 N–H and O–H groups in total. The van der Waals surface area contributed by atoms with Gasteiger partial charge in [0.25, 0.3) is 0 Å². The van der Waals surface area contributed by atoms with Crippen molar-refractivity contribution in [3.63, 3.8) is 0 Å². The Morgan fingerprint density at radius 1 is 1.55 bits per heavy atom. The summed E-state index contributed by atoms with van der Waals surface area (Å²) in [7, 11) is 0. The number of fused-ring (bicyclic) bond motifs is 1. The predicted molar refractivity (Wildman–Crippen MR) is 66.5 cm³/mol. The zero-order valence-corrected chi connectivity index (χ0v) is 10.6. The van der Waals surface area contributed by atoms with E-state index in [9.17, 15) is 18.4 Å². The molecule has 0 aliphatic heterocycles. The van der Waals surface area contributed by atoms with Gasteiger partial charge in [-0.05, 0) is 6.07 Å². The number of nitrogens with zero attached hydrogens (tertiary/aromatic N) is 2. The maximum absolute atomic E-state index is 13.4. The van der Waals surface area contributed by atoms with Crippen molar-refractivity contribution < 1.29 is 18.7 Å². The van der Waals surface area contributed by atoms with Gasteiger partial charge in [-0.2, -0.15) is 0 Å². The minimum absolute atomic E-state index is 0.0171. The van der Waals surface area contributed by atoms with Crippen LogP contribution in [0.4, 0.5) is 8.78 Å². The third-order valence-electron chi connectivity index (χ3n) is 3.18. The van der Waals surface area contributed by atoms with Gasteiger partial charge in [-0.25, -0.2) is 18.6 Å². The smallest absolute Gasteiger partial charge is 0.341 e. The molecule has 20 heavy (non-hydrogen) atoms. The van der Waals surface area contributed by atoms with Crippen LogP contribution in [0.5, 0.6) is 0 Å². The highest BCUT2D eigenvalue weighted by atomic mass is 35.5. The maximum Gasteiger partial charge on any atom is 0.341 e. The lowest BCUT2D eigenvalue weighted by molar-refractivity contribution is 0.0694. The molecule has 8 heteroatoms. The quantitative estimate of drug-likeness (QED) is 0.863. The van der Waals surface area contributed by atoms with E-state index in [0.717, 1.165) is 12.3 Å². The van der Waals surface area contributed by atoms with Crippen LogP contribution in [0.1, 0.15) is 22.8 Å². The number of carboxylic acid groups (broad SMARTS) is 1. The minimum atomic E-state index is -1.46. The Morgan fingerprint density at radius 3 is 2.75 bits per heavy atom. The lowest BCUT2D eigenvalue weighted by Crippen LogP contribution is -2.20. The van der Waals surface area contributed by atoms with Crippen molar-refractivity contribution in [2.24, 2.45) is 0 Å². The topological polar surface area (TPSA) is 72.2 Å². The van der Waals surface area contributed by atoms with E-state index in [-0.39, 0.29) is 17.5 Å². The Morgan fingerprint density at radius 2 is 2.20 bits per heavy atom. The lowest BCUT2D eigenvalue weighted by atomic mass is 10.2. The second-order valence-corrected chi connectivity index (χ2v) is 4.89. The molecule has 2 aromatic rings. The van der Waals surface area contributed by atoms with Gasteiger partial charge in [0.05, 0.1) is 11.4 Å². The monoisotopic (exact) mass is 300 g/mol. The van der Waals surface area contributed by atoms with Crippen LogP contribution in [0.2, 0.25) is 5.15 Å². The number of hydrogen-bond donors (Lipinski definition) is 1. The van der Waals surface area contributed by atoms with Crippen LogP contribution in [0.25, 0.3) is 11.0 Å².